The summed E-state index contributed by atoms with van der Waals surface area (Å²) in [6.07, 6.45) is 1.79. The third kappa shape index (κ3) is 5.02. The number of benzene rings is 2. The molecule has 2 aromatic rings. The lowest BCUT2D eigenvalue weighted by Crippen LogP contribution is -2.29. The molecule has 1 aliphatic heterocycles. The SMILES string of the molecule is COc1ccccc1NC(=O)[C@@H](C)OC(=O)/C=C/c1cc(OC)c2c(c1)OCCO2. The van der Waals surface area contributed by atoms with Crippen molar-refractivity contribution in [3.05, 3.63) is 48.0 Å². The van der Waals surface area contributed by atoms with E-state index >= 15 is 0 Å². The highest BCUT2D eigenvalue weighted by Gasteiger charge is 2.19. The normalized spacial score (nSPS) is 13.4. The van der Waals surface area contributed by atoms with Crippen LogP contribution in [0.3, 0.4) is 0 Å². The first-order valence-electron chi connectivity index (χ1n) is 9.32. The average Bonchev–Trinajstić information content (AvgIpc) is 2.77. The molecule has 1 atom stereocenters. The number of hydrogen-bond acceptors (Lipinski definition) is 7. The second kappa shape index (κ2) is 9.69. The molecule has 0 aliphatic carbocycles. The fraction of sp³-hybridized carbons (Fsp3) is 0.273. The van der Waals surface area contributed by atoms with Gasteiger partial charge >= 0.3 is 5.97 Å². The molecule has 2 aromatic carbocycles. The second-order valence-electron chi connectivity index (χ2n) is 6.35. The van der Waals surface area contributed by atoms with E-state index in [1.54, 1.807) is 42.5 Å². The van der Waals surface area contributed by atoms with Crippen molar-refractivity contribution in [1.82, 2.24) is 0 Å². The predicted octanol–water partition coefficient (Wildman–Crippen LogP) is 3.06. The summed E-state index contributed by atoms with van der Waals surface area (Å²) in [5, 5.41) is 2.68. The molecule has 8 nitrogen and oxygen atoms in total. The number of carbonyl (C=O) groups excluding carboxylic acids is 2. The fourth-order valence-electron chi connectivity index (χ4n) is 2.80. The van der Waals surface area contributed by atoms with E-state index in [-0.39, 0.29) is 0 Å². The van der Waals surface area contributed by atoms with Crippen molar-refractivity contribution in [2.24, 2.45) is 0 Å². The van der Waals surface area contributed by atoms with Gasteiger partial charge in [0.2, 0.25) is 5.75 Å². The largest absolute Gasteiger partial charge is 0.495 e. The zero-order valence-corrected chi connectivity index (χ0v) is 17.0. The number of hydrogen-bond donors (Lipinski definition) is 1. The summed E-state index contributed by atoms with van der Waals surface area (Å²) in [5.74, 6) is 0.957. The van der Waals surface area contributed by atoms with Crippen molar-refractivity contribution in [2.45, 2.75) is 13.0 Å². The van der Waals surface area contributed by atoms with E-state index in [9.17, 15) is 9.59 Å². The molecular formula is C22H23NO7. The first kappa shape index (κ1) is 21.0. The van der Waals surface area contributed by atoms with E-state index in [1.807, 2.05) is 0 Å². The van der Waals surface area contributed by atoms with Crippen molar-refractivity contribution in [3.8, 4) is 23.0 Å². The first-order chi connectivity index (χ1) is 14.5. The smallest absolute Gasteiger partial charge is 0.331 e. The number of fused-ring (bicyclic) bond motifs is 1. The molecule has 1 aliphatic rings. The maximum atomic E-state index is 12.3. The lowest BCUT2D eigenvalue weighted by Gasteiger charge is -2.20. The van der Waals surface area contributed by atoms with E-state index in [0.717, 1.165) is 0 Å². The van der Waals surface area contributed by atoms with Crippen molar-refractivity contribution in [3.63, 3.8) is 0 Å². The molecule has 1 heterocycles. The molecular weight excluding hydrogens is 390 g/mol. The Morgan fingerprint density at radius 2 is 1.80 bits per heavy atom. The monoisotopic (exact) mass is 413 g/mol. The van der Waals surface area contributed by atoms with Crippen molar-refractivity contribution in [1.29, 1.82) is 0 Å². The molecule has 0 spiro atoms. The number of para-hydroxylation sites is 2. The Kier molecular flexibility index (Phi) is 6.79. The minimum absolute atomic E-state index is 0.435. The number of methoxy groups -OCH3 is 2. The van der Waals surface area contributed by atoms with Gasteiger partial charge in [-0.05, 0) is 42.8 Å². The van der Waals surface area contributed by atoms with Gasteiger partial charge in [0.15, 0.2) is 17.6 Å². The summed E-state index contributed by atoms with van der Waals surface area (Å²) in [6, 6.07) is 10.4. The van der Waals surface area contributed by atoms with Crippen molar-refractivity contribution >= 4 is 23.6 Å². The molecule has 158 valence electrons. The molecule has 1 N–H and O–H groups in total. The predicted molar refractivity (Wildman–Crippen MR) is 110 cm³/mol. The Bertz CT molecular complexity index is 937. The Labute approximate surface area is 174 Å². The highest BCUT2D eigenvalue weighted by atomic mass is 16.6. The Hall–Kier alpha value is -3.68. The minimum atomic E-state index is -0.998. The third-order valence-electron chi connectivity index (χ3n) is 4.29. The second-order valence-corrected chi connectivity index (χ2v) is 6.35. The van der Waals surface area contributed by atoms with Gasteiger partial charge in [-0.2, -0.15) is 0 Å². The lowest BCUT2D eigenvalue weighted by molar-refractivity contribution is -0.148. The van der Waals surface area contributed by atoms with Crippen molar-refractivity contribution < 1.29 is 33.3 Å². The number of anilines is 1. The van der Waals surface area contributed by atoms with E-state index in [0.29, 0.717) is 47.5 Å². The van der Waals surface area contributed by atoms with Gasteiger partial charge < -0.3 is 29.0 Å². The summed E-state index contributed by atoms with van der Waals surface area (Å²) in [5.41, 5.74) is 1.16. The van der Waals surface area contributed by atoms with E-state index in [1.165, 1.54) is 27.2 Å². The zero-order chi connectivity index (χ0) is 21.5. The van der Waals surface area contributed by atoms with Crippen LogP contribution in [0, 0.1) is 0 Å². The first-order valence-corrected chi connectivity index (χ1v) is 9.32. The highest BCUT2D eigenvalue weighted by molar-refractivity contribution is 5.97. The molecule has 0 bridgehead atoms. The molecule has 1 amide bonds. The molecule has 30 heavy (non-hydrogen) atoms. The number of carbonyl (C=O) groups is 2. The van der Waals surface area contributed by atoms with Crippen LogP contribution in [0.5, 0.6) is 23.0 Å². The molecule has 8 heteroatoms. The van der Waals surface area contributed by atoms with Gasteiger partial charge in [-0.15, -0.1) is 0 Å². The van der Waals surface area contributed by atoms with Crippen LogP contribution in [0.2, 0.25) is 0 Å². The number of amides is 1. The summed E-state index contributed by atoms with van der Waals surface area (Å²) < 4.78 is 26.8. The summed E-state index contributed by atoms with van der Waals surface area (Å²) in [4.78, 5) is 24.5. The van der Waals surface area contributed by atoms with Crippen LogP contribution < -0.4 is 24.3 Å². The Balaban J connectivity index is 1.62. The van der Waals surface area contributed by atoms with Crippen LogP contribution in [-0.4, -0.2) is 45.4 Å². The third-order valence-corrected chi connectivity index (χ3v) is 4.29. The van der Waals surface area contributed by atoms with Gasteiger partial charge in [0.1, 0.15) is 19.0 Å². The maximum Gasteiger partial charge on any atom is 0.331 e. The van der Waals surface area contributed by atoms with Crippen LogP contribution in [0.4, 0.5) is 5.69 Å². The Morgan fingerprint density at radius 3 is 2.57 bits per heavy atom. The van der Waals surface area contributed by atoms with Gasteiger partial charge in [0, 0.05) is 6.08 Å². The molecule has 0 radical (unpaired) electrons. The van der Waals surface area contributed by atoms with Gasteiger partial charge in [0.25, 0.3) is 5.91 Å². The standard InChI is InChI=1S/C22H23NO7/c1-14(22(25)23-16-6-4-5-7-17(16)26-2)30-20(24)9-8-15-12-18(27-3)21-19(13-15)28-10-11-29-21/h4-9,12-14H,10-11H2,1-3H3,(H,23,25)/b9-8+/t14-/m1/s1. The topological polar surface area (TPSA) is 92.3 Å². The molecule has 0 aromatic heterocycles. The van der Waals surface area contributed by atoms with Gasteiger partial charge in [-0.1, -0.05) is 12.1 Å². The summed E-state index contributed by atoms with van der Waals surface area (Å²) in [6.45, 7) is 2.37. The Morgan fingerprint density at radius 1 is 1.07 bits per heavy atom. The van der Waals surface area contributed by atoms with Gasteiger partial charge in [-0.25, -0.2) is 4.79 Å². The van der Waals surface area contributed by atoms with Crippen LogP contribution in [0.1, 0.15) is 12.5 Å². The van der Waals surface area contributed by atoms with E-state index in [4.69, 9.17) is 23.7 Å². The summed E-state index contributed by atoms with van der Waals surface area (Å²) >= 11 is 0. The molecule has 0 saturated carbocycles. The molecule has 3 rings (SSSR count). The highest BCUT2D eigenvalue weighted by Crippen LogP contribution is 2.40. The van der Waals surface area contributed by atoms with Crippen molar-refractivity contribution in [2.75, 3.05) is 32.8 Å². The zero-order valence-electron chi connectivity index (χ0n) is 17.0. The minimum Gasteiger partial charge on any atom is -0.495 e. The van der Waals surface area contributed by atoms with Gasteiger partial charge in [0.05, 0.1) is 19.9 Å². The quantitative estimate of drug-likeness (QED) is 0.551. The van der Waals surface area contributed by atoms with Crippen LogP contribution >= 0.6 is 0 Å². The van der Waals surface area contributed by atoms with Crippen LogP contribution in [-0.2, 0) is 14.3 Å². The van der Waals surface area contributed by atoms with Gasteiger partial charge in [-0.3, -0.25) is 4.79 Å². The van der Waals surface area contributed by atoms with E-state index < -0.39 is 18.0 Å². The lowest BCUT2D eigenvalue weighted by atomic mass is 10.1. The number of esters is 1. The fourth-order valence-corrected chi connectivity index (χ4v) is 2.80. The number of rotatable bonds is 7. The molecule has 0 fully saturated rings. The van der Waals surface area contributed by atoms with Crippen LogP contribution in [0.25, 0.3) is 6.08 Å². The average molecular weight is 413 g/mol. The number of ether oxygens (including phenoxy) is 5. The van der Waals surface area contributed by atoms with E-state index in [2.05, 4.69) is 5.32 Å². The molecule has 0 unspecified atom stereocenters. The maximum absolute atomic E-state index is 12.3. The number of nitrogens with one attached hydrogen (secondary N) is 1. The molecule has 0 saturated heterocycles. The summed E-state index contributed by atoms with van der Waals surface area (Å²) in [7, 11) is 3.03. The van der Waals surface area contributed by atoms with Crippen LogP contribution in [0.15, 0.2) is 42.5 Å².